The fourth-order valence-corrected chi connectivity index (χ4v) is 3.39. The molecule has 2 rings (SSSR count). The summed E-state index contributed by atoms with van der Waals surface area (Å²) in [4.78, 5) is 14.3. The molecule has 1 saturated carbocycles. The van der Waals surface area contributed by atoms with E-state index >= 15 is 0 Å². The van der Waals surface area contributed by atoms with E-state index < -0.39 is 5.60 Å². The summed E-state index contributed by atoms with van der Waals surface area (Å²) in [6.07, 6.45) is 6.84. The Kier molecular flexibility index (Phi) is 6.09. The normalized spacial score (nSPS) is 29.6. The van der Waals surface area contributed by atoms with Gasteiger partial charge in [0.1, 0.15) is 5.60 Å². The van der Waals surface area contributed by atoms with Crippen molar-refractivity contribution < 1.29 is 14.3 Å². The molecule has 0 spiro atoms. The quantitative estimate of drug-likeness (QED) is 0.867. The number of likely N-dealkylation sites (N-methyl/N-ethyl adjacent to an activating group) is 1. The Labute approximate surface area is 134 Å². The Morgan fingerprint density at radius 1 is 1.23 bits per heavy atom. The molecule has 1 atom stereocenters. The molecule has 0 aromatic heterocycles. The van der Waals surface area contributed by atoms with E-state index in [1.165, 1.54) is 12.8 Å². The van der Waals surface area contributed by atoms with Gasteiger partial charge in [-0.25, -0.2) is 4.79 Å². The van der Waals surface area contributed by atoms with Crippen molar-refractivity contribution in [2.75, 3.05) is 20.2 Å². The number of amides is 1. The summed E-state index contributed by atoms with van der Waals surface area (Å²) in [5.74, 6) is 0. The Balaban J connectivity index is 1.67. The Hall–Kier alpha value is -0.810. The Bertz CT molecular complexity index is 353. The highest BCUT2D eigenvalue weighted by atomic mass is 16.6. The van der Waals surface area contributed by atoms with Gasteiger partial charge in [0, 0.05) is 25.2 Å². The maximum absolute atomic E-state index is 11.8. The molecule has 5 nitrogen and oxygen atoms in total. The molecule has 2 fully saturated rings. The van der Waals surface area contributed by atoms with Crippen molar-refractivity contribution in [2.24, 2.45) is 0 Å². The van der Waals surface area contributed by atoms with Crippen molar-refractivity contribution in [1.82, 2.24) is 10.2 Å². The zero-order chi connectivity index (χ0) is 16.2. The van der Waals surface area contributed by atoms with Gasteiger partial charge in [0.05, 0.1) is 6.10 Å². The van der Waals surface area contributed by atoms with Gasteiger partial charge in [0.2, 0.25) is 0 Å². The summed E-state index contributed by atoms with van der Waals surface area (Å²) >= 11 is 0. The van der Waals surface area contributed by atoms with Crippen molar-refractivity contribution in [3.8, 4) is 0 Å². The maximum Gasteiger partial charge on any atom is 0.407 e. The third kappa shape index (κ3) is 5.76. The molecular weight excluding hydrogens is 280 g/mol. The number of hydrogen-bond donors (Lipinski definition) is 1. The van der Waals surface area contributed by atoms with Crippen molar-refractivity contribution in [2.45, 2.75) is 83.1 Å². The number of alkyl carbamates (subject to hydrolysis) is 1. The van der Waals surface area contributed by atoms with E-state index in [0.717, 1.165) is 38.8 Å². The molecule has 1 aliphatic carbocycles. The lowest BCUT2D eigenvalue weighted by Crippen LogP contribution is -2.45. The number of hydrogen-bond acceptors (Lipinski definition) is 4. The van der Waals surface area contributed by atoms with Gasteiger partial charge in [-0.05, 0) is 66.3 Å². The molecule has 128 valence electrons. The topological polar surface area (TPSA) is 50.8 Å². The van der Waals surface area contributed by atoms with E-state index in [-0.39, 0.29) is 12.1 Å². The van der Waals surface area contributed by atoms with Crippen LogP contribution in [0.5, 0.6) is 0 Å². The van der Waals surface area contributed by atoms with Gasteiger partial charge in [-0.3, -0.25) is 0 Å². The summed E-state index contributed by atoms with van der Waals surface area (Å²) in [6, 6.07) is 0.864. The van der Waals surface area contributed by atoms with Crippen LogP contribution in [-0.4, -0.2) is 55.0 Å². The Morgan fingerprint density at radius 2 is 1.91 bits per heavy atom. The maximum atomic E-state index is 11.8. The van der Waals surface area contributed by atoms with Gasteiger partial charge < -0.3 is 19.7 Å². The number of nitrogens with one attached hydrogen (secondary N) is 1. The van der Waals surface area contributed by atoms with Gasteiger partial charge in [-0.2, -0.15) is 0 Å². The monoisotopic (exact) mass is 312 g/mol. The Morgan fingerprint density at radius 3 is 2.45 bits per heavy atom. The van der Waals surface area contributed by atoms with Crippen LogP contribution in [0.4, 0.5) is 4.79 Å². The molecule has 1 heterocycles. The first-order valence-electron chi connectivity index (χ1n) is 8.65. The second kappa shape index (κ2) is 7.64. The van der Waals surface area contributed by atoms with Crippen LogP contribution in [0.2, 0.25) is 0 Å². The van der Waals surface area contributed by atoms with Crippen LogP contribution in [0.3, 0.4) is 0 Å². The highest BCUT2D eigenvalue weighted by Crippen LogP contribution is 2.24. The number of nitrogens with zero attached hydrogens (tertiary/aromatic N) is 1. The average Bonchev–Trinajstić information content (AvgIpc) is 2.90. The standard InChI is InChI=1S/C17H32N2O3/c1-17(2,3)22-16(20)18-13-7-9-14(10-8-13)19(4)12-15-6-5-11-21-15/h13-15H,5-12H2,1-4H3,(H,18,20)/t13?,14?,15-/m0/s1. The first-order valence-corrected chi connectivity index (χ1v) is 8.65. The molecule has 0 bridgehead atoms. The molecule has 1 aliphatic heterocycles. The zero-order valence-electron chi connectivity index (χ0n) is 14.6. The number of ether oxygens (including phenoxy) is 2. The summed E-state index contributed by atoms with van der Waals surface area (Å²) < 4.78 is 11.0. The lowest BCUT2D eigenvalue weighted by atomic mass is 9.90. The average molecular weight is 312 g/mol. The molecule has 0 unspecified atom stereocenters. The minimum absolute atomic E-state index is 0.252. The third-order valence-corrected chi connectivity index (χ3v) is 4.56. The van der Waals surface area contributed by atoms with Crippen LogP contribution in [0, 0.1) is 0 Å². The third-order valence-electron chi connectivity index (χ3n) is 4.56. The van der Waals surface area contributed by atoms with Crippen molar-refractivity contribution in [3.63, 3.8) is 0 Å². The molecule has 5 heteroatoms. The minimum Gasteiger partial charge on any atom is -0.444 e. The molecule has 1 N–H and O–H groups in total. The van der Waals surface area contributed by atoms with E-state index in [1.54, 1.807) is 0 Å². The van der Waals surface area contributed by atoms with E-state index in [4.69, 9.17) is 9.47 Å². The van der Waals surface area contributed by atoms with Crippen LogP contribution < -0.4 is 5.32 Å². The van der Waals surface area contributed by atoms with Crippen LogP contribution in [0.25, 0.3) is 0 Å². The van der Waals surface area contributed by atoms with E-state index in [1.807, 2.05) is 20.8 Å². The van der Waals surface area contributed by atoms with Gasteiger partial charge in [0.25, 0.3) is 0 Å². The van der Waals surface area contributed by atoms with Crippen molar-refractivity contribution in [1.29, 1.82) is 0 Å². The van der Waals surface area contributed by atoms with Crippen LogP contribution in [0.15, 0.2) is 0 Å². The SMILES string of the molecule is CN(C[C@@H]1CCCO1)C1CCC(NC(=O)OC(C)(C)C)CC1. The first-order chi connectivity index (χ1) is 10.3. The molecule has 0 aromatic carbocycles. The second-order valence-corrected chi connectivity index (χ2v) is 7.73. The molecule has 1 saturated heterocycles. The van der Waals surface area contributed by atoms with Crippen LogP contribution in [0.1, 0.15) is 59.3 Å². The zero-order valence-corrected chi connectivity index (χ0v) is 14.6. The largest absolute Gasteiger partial charge is 0.444 e. The van der Waals surface area contributed by atoms with Gasteiger partial charge >= 0.3 is 6.09 Å². The number of rotatable bonds is 4. The summed E-state index contributed by atoms with van der Waals surface area (Å²) in [6.45, 7) is 7.64. The van der Waals surface area contributed by atoms with Crippen molar-refractivity contribution in [3.05, 3.63) is 0 Å². The number of carbonyl (C=O) groups excluding carboxylic acids is 1. The number of carbonyl (C=O) groups is 1. The predicted octanol–water partition coefficient (Wildman–Crippen LogP) is 2.93. The minimum atomic E-state index is -0.428. The fourth-order valence-electron chi connectivity index (χ4n) is 3.39. The van der Waals surface area contributed by atoms with Gasteiger partial charge in [0.15, 0.2) is 0 Å². The summed E-state index contributed by atoms with van der Waals surface area (Å²) in [7, 11) is 2.20. The summed E-state index contributed by atoms with van der Waals surface area (Å²) in [5.41, 5.74) is -0.428. The molecule has 0 aromatic rings. The van der Waals surface area contributed by atoms with Gasteiger partial charge in [-0.15, -0.1) is 0 Å². The highest BCUT2D eigenvalue weighted by molar-refractivity contribution is 5.68. The lowest BCUT2D eigenvalue weighted by Gasteiger charge is -2.36. The van der Waals surface area contributed by atoms with Gasteiger partial charge in [-0.1, -0.05) is 0 Å². The highest BCUT2D eigenvalue weighted by Gasteiger charge is 2.28. The fraction of sp³-hybridized carbons (Fsp3) is 0.941. The van der Waals surface area contributed by atoms with Crippen LogP contribution in [-0.2, 0) is 9.47 Å². The molecule has 0 radical (unpaired) electrons. The molecule has 22 heavy (non-hydrogen) atoms. The predicted molar refractivity (Wildman–Crippen MR) is 87.0 cm³/mol. The van der Waals surface area contributed by atoms with E-state index in [2.05, 4.69) is 17.3 Å². The van der Waals surface area contributed by atoms with E-state index in [0.29, 0.717) is 12.1 Å². The first kappa shape index (κ1) is 17.5. The lowest BCUT2D eigenvalue weighted by molar-refractivity contribution is 0.0449. The molecule has 2 aliphatic rings. The van der Waals surface area contributed by atoms with Crippen LogP contribution >= 0.6 is 0 Å². The molecule has 1 amide bonds. The smallest absolute Gasteiger partial charge is 0.407 e. The van der Waals surface area contributed by atoms with Crippen molar-refractivity contribution >= 4 is 6.09 Å². The van der Waals surface area contributed by atoms with E-state index in [9.17, 15) is 4.79 Å². The molecular formula is C17H32N2O3. The summed E-state index contributed by atoms with van der Waals surface area (Å²) in [5, 5.41) is 3.00. The second-order valence-electron chi connectivity index (χ2n) is 7.73.